The molecule has 0 bridgehead atoms. The predicted octanol–water partition coefficient (Wildman–Crippen LogP) is 4.07. The summed E-state index contributed by atoms with van der Waals surface area (Å²) in [5.41, 5.74) is 0.272. The van der Waals surface area contributed by atoms with E-state index in [-0.39, 0.29) is 29.8 Å². The van der Waals surface area contributed by atoms with Gasteiger partial charge < -0.3 is 9.84 Å². The van der Waals surface area contributed by atoms with Crippen LogP contribution in [0.5, 0.6) is 0 Å². The average Bonchev–Trinajstić information content (AvgIpc) is 3.23. The van der Waals surface area contributed by atoms with Crippen molar-refractivity contribution in [3.05, 3.63) is 27.9 Å². The molecular formula is C15H16ClF3N4O2. The summed E-state index contributed by atoms with van der Waals surface area (Å²) in [7, 11) is 0. The minimum Gasteiger partial charge on any atom is -0.359 e. The smallest absolute Gasteiger partial charge is 0.359 e. The fourth-order valence-electron chi connectivity index (χ4n) is 2.62. The van der Waals surface area contributed by atoms with Crippen molar-refractivity contribution in [1.82, 2.24) is 14.9 Å². The molecule has 2 heterocycles. The maximum absolute atomic E-state index is 13.0. The van der Waals surface area contributed by atoms with Crippen LogP contribution >= 0.6 is 11.6 Å². The van der Waals surface area contributed by atoms with E-state index in [0.717, 1.165) is 12.8 Å². The second-order valence-corrected chi connectivity index (χ2v) is 6.42. The van der Waals surface area contributed by atoms with Gasteiger partial charge in [0.25, 0.3) is 0 Å². The number of nitrogens with zero attached hydrogens (tertiary/aromatic N) is 3. The lowest BCUT2D eigenvalue weighted by atomic mass is 10.2. The Morgan fingerprint density at radius 2 is 2.08 bits per heavy atom. The normalized spacial score (nSPS) is 14.8. The van der Waals surface area contributed by atoms with Crippen molar-refractivity contribution in [2.24, 2.45) is 0 Å². The highest BCUT2D eigenvalue weighted by molar-refractivity contribution is 6.32. The molecule has 1 saturated carbocycles. The number of aromatic nitrogens is 3. The van der Waals surface area contributed by atoms with Gasteiger partial charge in [-0.25, -0.2) is 0 Å². The summed E-state index contributed by atoms with van der Waals surface area (Å²) < 4.78 is 45.2. The fourth-order valence-corrected chi connectivity index (χ4v) is 3.02. The van der Waals surface area contributed by atoms with Gasteiger partial charge in [-0.1, -0.05) is 16.8 Å². The van der Waals surface area contributed by atoms with E-state index in [0.29, 0.717) is 22.8 Å². The molecule has 10 heteroatoms. The average molecular weight is 377 g/mol. The molecule has 2 aromatic rings. The van der Waals surface area contributed by atoms with Crippen LogP contribution in [0.25, 0.3) is 0 Å². The Bertz CT molecular complexity index is 789. The minimum absolute atomic E-state index is 0.0108. The van der Waals surface area contributed by atoms with Crippen LogP contribution in [-0.4, -0.2) is 20.8 Å². The van der Waals surface area contributed by atoms with E-state index in [1.165, 1.54) is 4.68 Å². The van der Waals surface area contributed by atoms with Gasteiger partial charge in [0, 0.05) is 12.3 Å². The van der Waals surface area contributed by atoms with Crippen molar-refractivity contribution in [3.63, 3.8) is 0 Å². The molecule has 0 unspecified atom stereocenters. The van der Waals surface area contributed by atoms with Gasteiger partial charge in [-0.05, 0) is 26.7 Å². The van der Waals surface area contributed by atoms with E-state index in [4.69, 9.17) is 16.1 Å². The first-order chi connectivity index (χ1) is 11.7. The van der Waals surface area contributed by atoms with E-state index in [2.05, 4.69) is 15.6 Å². The van der Waals surface area contributed by atoms with E-state index >= 15 is 0 Å². The van der Waals surface area contributed by atoms with Crippen LogP contribution < -0.4 is 5.32 Å². The molecule has 0 spiro atoms. The Hall–Kier alpha value is -2.03. The lowest BCUT2D eigenvalue weighted by Gasteiger charge is -2.08. The van der Waals surface area contributed by atoms with Crippen molar-refractivity contribution in [1.29, 1.82) is 0 Å². The number of amides is 1. The summed E-state index contributed by atoms with van der Waals surface area (Å²) in [5, 5.41) is 9.61. The van der Waals surface area contributed by atoms with Crippen molar-refractivity contribution >= 4 is 23.2 Å². The lowest BCUT2D eigenvalue weighted by molar-refractivity contribution is -0.141. The van der Waals surface area contributed by atoms with Crippen LogP contribution in [0.1, 0.15) is 48.0 Å². The molecule has 0 aliphatic heterocycles. The Balaban J connectivity index is 1.74. The molecule has 0 saturated heterocycles. The molecule has 0 atom stereocenters. The summed E-state index contributed by atoms with van der Waals surface area (Å²) in [6, 6.07) is 0. The fraction of sp³-hybridized carbons (Fsp3) is 0.533. The molecule has 136 valence electrons. The summed E-state index contributed by atoms with van der Waals surface area (Å²) in [5.74, 6) is 0.0732. The molecule has 1 aliphatic carbocycles. The highest BCUT2D eigenvalue weighted by Crippen LogP contribution is 2.46. The zero-order valence-electron chi connectivity index (χ0n) is 13.6. The second kappa shape index (κ2) is 6.36. The summed E-state index contributed by atoms with van der Waals surface area (Å²) in [6.07, 6.45) is -3.12. The van der Waals surface area contributed by atoms with Crippen LogP contribution in [0.4, 0.5) is 18.9 Å². The first-order valence-corrected chi connectivity index (χ1v) is 8.12. The highest BCUT2D eigenvalue weighted by Gasteiger charge is 2.42. The SMILES string of the molecule is Cc1noc(C)c1NC(=O)CCn1nc(C(F)(F)F)c(Cl)c1C1CC1. The predicted molar refractivity (Wildman–Crippen MR) is 83.4 cm³/mol. The van der Waals surface area contributed by atoms with Crippen LogP contribution in [0.15, 0.2) is 4.52 Å². The van der Waals surface area contributed by atoms with Gasteiger partial charge >= 0.3 is 6.18 Å². The number of anilines is 1. The van der Waals surface area contributed by atoms with Gasteiger partial charge in [-0.3, -0.25) is 9.48 Å². The first-order valence-electron chi connectivity index (χ1n) is 7.74. The highest BCUT2D eigenvalue weighted by atomic mass is 35.5. The summed E-state index contributed by atoms with van der Waals surface area (Å²) in [4.78, 5) is 12.1. The van der Waals surface area contributed by atoms with Crippen LogP contribution in [0.2, 0.25) is 5.02 Å². The third-order valence-electron chi connectivity index (χ3n) is 4.01. The van der Waals surface area contributed by atoms with Crippen molar-refractivity contribution in [2.75, 3.05) is 5.32 Å². The standard InChI is InChI=1S/C15H16ClF3N4O2/c1-7-12(8(2)25-22-7)20-10(24)5-6-23-13(9-3-4-9)11(16)14(21-23)15(17,18)19/h9H,3-6H2,1-2H3,(H,20,24). The van der Waals surface area contributed by atoms with Crippen LogP contribution in [0, 0.1) is 13.8 Å². The quantitative estimate of drug-likeness (QED) is 0.853. The number of carbonyl (C=O) groups is 1. The number of nitrogens with one attached hydrogen (secondary N) is 1. The third kappa shape index (κ3) is 3.65. The van der Waals surface area contributed by atoms with Crippen LogP contribution in [-0.2, 0) is 17.5 Å². The van der Waals surface area contributed by atoms with Gasteiger partial charge in [0.1, 0.15) is 11.4 Å². The number of rotatable bonds is 5. The molecule has 2 aromatic heterocycles. The molecule has 25 heavy (non-hydrogen) atoms. The van der Waals surface area contributed by atoms with Gasteiger partial charge in [0.15, 0.2) is 11.5 Å². The van der Waals surface area contributed by atoms with E-state index in [1.54, 1.807) is 13.8 Å². The third-order valence-corrected chi connectivity index (χ3v) is 4.39. The number of hydrogen-bond donors (Lipinski definition) is 1. The van der Waals surface area contributed by atoms with E-state index < -0.39 is 11.9 Å². The number of hydrogen-bond acceptors (Lipinski definition) is 4. The number of aryl methyl sites for hydroxylation is 3. The number of halogens is 4. The zero-order valence-corrected chi connectivity index (χ0v) is 14.3. The molecule has 0 aromatic carbocycles. The molecule has 0 radical (unpaired) electrons. The Morgan fingerprint density at radius 1 is 1.40 bits per heavy atom. The summed E-state index contributed by atoms with van der Waals surface area (Å²) in [6.45, 7) is 3.35. The minimum atomic E-state index is -4.62. The van der Waals surface area contributed by atoms with Gasteiger partial charge in [0.2, 0.25) is 5.91 Å². The molecule has 3 rings (SSSR count). The topological polar surface area (TPSA) is 73.0 Å². The molecular weight excluding hydrogens is 361 g/mol. The zero-order chi connectivity index (χ0) is 18.4. The van der Waals surface area contributed by atoms with Gasteiger partial charge in [-0.2, -0.15) is 18.3 Å². The van der Waals surface area contributed by atoms with Crippen molar-refractivity contribution < 1.29 is 22.5 Å². The molecule has 6 nitrogen and oxygen atoms in total. The van der Waals surface area contributed by atoms with Gasteiger partial charge in [0.05, 0.1) is 17.3 Å². The molecule has 1 aliphatic rings. The molecule has 1 N–H and O–H groups in total. The maximum atomic E-state index is 13.0. The summed E-state index contributed by atoms with van der Waals surface area (Å²) >= 11 is 5.90. The Morgan fingerprint density at radius 3 is 2.60 bits per heavy atom. The maximum Gasteiger partial charge on any atom is 0.436 e. The largest absolute Gasteiger partial charge is 0.436 e. The molecule has 1 amide bonds. The second-order valence-electron chi connectivity index (χ2n) is 6.04. The lowest BCUT2D eigenvalue weighted by Crippen LogP contribution is -2.17. The first kappa shape index (κ1) is 17.8. The monoisotopic (exact) mass is 376 g/mol. The van der Waals surface area contributed by atoms with Crippen LogP contribution in [0.3, 0.4) is 0 Å². The number of alkyl halides is 3. The van der Waals surface area contributed by atoms with E-state index in [9.17, 15) is 18.0 Å². The molecule has 1 fully saturated rings. The Labute approximate surface area is 146 Å². The van der Waals surface area contributed by atoms with E-state index in [1.807, 2.05) is 0 Å². The Kier molecular flexibility index (Phi) is 4.52. The van der Waals surface area contributed by atoms with Crippen molar-refractivity contribution in [2.45, 2.75) is 51.7 Å². The van der Waals surface area contributed by atoms with Gasteiger partial charge in [-0.15, -0.1) is 0 Å². The van der Waals surface area contributed by atoms with Crippen molar-refractivity contribution in [3.8, 4) is 0 Å². The number of carbonyl (C=O) groups excluding carboxylic acids is 1.